The molecule has 1 aliphatic rings. The molecule has 1 N–H and O–H groups in total. The molecule has 2 aromatic carbocycles. The van der Waals surface area contributed by atoms with Crippen LogP contribution in [-0.2, 0) is 24.9 Å². The maximum absolute atomic E-state index is 13.1. The van der Waals surface area contributed by atoms with Crippen LogP contribution in [0.15, 0.2) is 54.3 Å². The van der Waals surface area contributed by atoms with Crippen LogP contribution < -0.4 is 0 Å². The Labute approximate surface area is 260 Å². The third-order valence-electron chi connectivity index (χ3n) is 8.21. The molecule has 4 rings (SSSR count). The largest absolute Gasteiger partial charge is 0.512 e. The van der Waals surface area contributed by atoms with Crippen molar-refractivity contribution < 1.29 is 34.8 Å². The average Bonchev–Trinajstić information content (AvgIpc) is 3.48. The standard InChI is InChI=1S/C23H22NO.C13H24O2.Ir/c1-15-11-16(2)13-18(12-15)22-14-20(23(25)17-7-3-4-8-17)19-9-5-6-10-21(19)24-22;1-5-10(6-2)12(14)9-13(15)11(7-3)8-4;/h5-6,9-12,14,17H,3-4,7-8H2,1-2H3;9-11,14H,5-8H2,1-4H3;/q-1;;/b;12-9-;. The van der Waals surface area contributed by atoms with Crippen molar-refractivity contribution in [3.63, 3.8) is 0 Å². The van der Waals surface area contributed by atoms with E-state index in [1.165, 1.54) is 11.6 Å². The summed E-state index contributed by atoms with van der Waals surface area (Å²) in [6.45, 7) is 12.2. The van der Waals surface area contributed by atoms with E-state index in [-0.39, 0.29) is 55.2 Å². The van der Waals surface area contributed by atoms with Gasteiger partial charge in [-0.3, -0.25) is 14.6 Å². The second-order valence-electron chi connectivity index (χ2n) is 11.2. The Balaban J connectivity index is 0.000000320. The number of carbonyl (C=O) groups excluding carboxylic acids is 2. The summed E-state index contributed by atoms with van der Waals surface area (Å²) in [5.74, 6) is 0.995. The summed E-state index contributed by atoms with van der Waals surface area (Å²) in [7, 11) is 0. The number of benzene rings is 2. The van der Waals surface area contributed by atoms with Gasteiger partial charge in [0.05, 0.1) is 11.3 Å². The maximum Gasteiger partial charge on any atom is 0.165 e. The molecule has 0 spiro atoms. The first-order chi connectivity index (χ1) is 19.2. The van der Waals surface area contributed by atoms with Crippen LogP contribution in [0.4, 0.5) is 0 Å². The number of aryl methyl sites for hydroxylation is 2. The van der Waals surface area contributed by atoms with Crippen molar-refractivity contribution in [1.29, 1.82) is 0 Å². The summed E-state index contributed by atoms with van der Waals surface area (Å²) < 4.78 is 0. The van der Waals surface area contributed by atoms with Crippen LogP contribution in [0.2, 0.25) is 0 Å². The van der Waals surface area contributed by atoms with Gasteiger partial charge < -0.3 is 5.11 Å². The van der Waals surface area contributed by atoms with E-state index < -0.39 is 0 Å². The third-order valence-corrected chi connectivity index (χ3v) is 8.21. The number of aromatic nitrogens is 1. The fourth-order valence-electron chi connectivity index (χ4n) is 5.74. The number of aliphatic hydroxyl groups is 1. The molecule has 3 aromatic rings. The monoisotopic (exact) mass is 733 g/mol. The molecule has 41 heavy (non-hydrogen) atoms. The van der Waals surface area contributed by atoms with E-state index in [2.05, 4.69) is 25.1 Å². The number of carbonyl (C=O) groups is 2. The van der Waals surface area contributed by atoms with Gasteiger partial charge in [0.25, 0.3) is 0 Å². The molecule has 5 heteroatoms. The van der Waals surface area contributed by atoms with Crippen LogP contribution in [-0.4, -0.2) is 21.7 Å². The van der Waals surface area contributed by atoms with Crippen molar-refractivity contribution in [2.24, 2.45) is 17.8 Å². The number of rotatable bonds is 10. The van der Waals surface area contributed by atoms with Gasteiger partial charge in [0.2, 0.25) is 0 Å². The Morgan fingerprint density at radius 2 is 1.56 bits per heavy atom. The molecule has 223 valence electrons. The van der Waals surface area contributed by atoms with Crippen molar-refractivity contribution >= 4 is 22.5 Å². The molecule has 1 aromatic heterocycles. The first-order valence-electron chi connectivity index (χ1n) is 15.1. The second kappa shape index (κ2) is 16.7. The van der Waals surface area contributed by atoms with E-state index in [1.54, 1.807) is 0 Å². The number of nitrogens with zero attached hydrogens (tertiary/aromatic N) is 1. The quantitative estimate of drug-likeness (QED) is 0.0977. The summed E-state index contributed by atoms with van der Waals surface area (Å²) >= 11 is 0. The Bertz CT molecular complexity index is 1310. The van der Waals surface area contributed by atoms with E-state index >= 15 is 0 Å². The summed E-state index contributed by atoms with van der Waals surface area (Å²) in [6.07, 6.45) is 9.26. The Hall–Kier alpha value is -2.62. The van der Waals surface area contributed by atoms with Gasteiger partial charge in [-0.2, -0.15) is 0 Å². The topological polar surface area (TPSA) is 67.3 Å². The van der Waals surface area contributed by atoms with E-state index in [0.29, 0.717) is 0 Å². The van der Waals surface area contributed by atoms with Gasteiger partial charge in [0.15, 0.2) is 11.6 Å². The van der Waals surface area contributed by atoms with Gasteiger partial charge in [-0.15, -0.1) is 34.9 Å². The van der Waals surface area contributed by atoms with E-state index in [9.17, 15) is 14.7 Å². The number of para-hydroxylation sites is 1. The SMILES string of the molecule is CCC(CC)C(=O)/C=C(\O)C(CC)CC.Cc1[c-]c(-c2cc(C(=O)C3CCCC3)c3ccccc3n2)cc(C)c1.[Ir]. The van der Waals surface area contributed by atoms with Gasteiger partial charge in [-0.25, -0.2) is 0 Å². The molecule has 1 heterocycles. The van der Waals surface area contributed by atoms with Crippen molar-refractivity contribution in [1.82, 2.24) is 4.98 Å². The summed E-state index contributed by atoms with van der Waals surface area (Å²) in [5, 5.41) is 10.7. The molecule has 0 aliphatic heterocycles. The molecular formula is C36H46IrNO3-. The predicted molar refractivity (Wildman–Crippen MR) is 166 cm³/mol. The number of hydrogen-bond acceptors (Lipinski definition) is 4. The van der Waals surface area contributed by atoms with E-state index in [4.69, 9.17) is 4.98 Å². The van der Waals surface area contributed by atoms with Crippen LogP contribution in [0.5, 0.6) is 0 Å². The number of hydrogen-bond donors (Lipinski definition) is 1. The average molecular weight is 733 g/mol. The van der Waals surface area contributed by atoms with Crippen molar-refractivity contribution in [3.05, 3.63) is 77.1 Å². The van der Waals surface area contributed by atoms with Gasteiger partial charge in [0, 0.05) is 54.9 Å². The van der Waals surface area contributed by atoms with Crippen LogP contribution >= 0.6 is 0 Å². The van der Waals surface area contributed by atoms with Crippen LogP contribution in [0, 0.1) is 37.7 Å². The second-order valence-corrected chi connectivity index (χ2v) is 11.2. The molecular weight excluding hydrogens is 687 g/mol. The molecule has 0 bridgehead atoms. The third kappa shape index (κ3) is 9.18. The number of ketones is 2. The minimum absolute atomic E-state index is 0. The summed E-state index contributed by atoms with van der Waals surface area (Å²) in [4.78, 5) is 29.7. The van der Waals surface area contributed by atoms with E-state index in [1.807, 2.05) is 65.0 Å². The smallest absolute Gasteiger partial charge is 0.165 e. The summed E-state index contributed by atoms with van der Waals surface area (Å²) in [6, 6.07) is 17.5. The number of allylic oxidation sites excluding steroid dienone is 2. The number of fused-ring (bicyclic) bond motifs is 1. The van der Waals surface area contributed by atoms with Gasteiger partial charge in [-0.1, -0.05) is 78.6 Å². The molecule has 0 amide bonds. The molecule has 0 saturated heterocycles. The fourth-order valence-corrected chi connectivity index (χ4v) is 5.74. The van der Waals surface area contributed by atoms with Gasteiger partial charge in [0.1, 0.15) is 0 Å². The molecule has 1 fully saturated rings. The van der Waals surface area contributed by atoms with Gasteiger partial charge in [-0.05, 0) is 50.3 Å². The summed E-state index contributed by atoms with van der Waals surface area (Å²) in [5.41, 5.74) is 5.78. The Morgan fingerprint density at radius 1 is 0.951 bits per heavy atom. The predicted octanol–water partition coefficient (Wildman–Crippen LogP) is 9.56. The molecule has 1 radical (unpaired) electrons. The number of pyridine rings is 1. The fraction of sp³-hybridized carbons (Fsp3) is 0.472. The Kier molecular flexibility index (Phi) is 14.1. The number of Topliss-reactive ketones (excluding diaryl/α,β-unsaturated/α-hetero) is 1. The van der Waals surface area contributed by atoms with Crippen molar-refractivity contribution in [3.8, 4) is 11.3 Å². The molecule has 1 saturated carbocycles. The first kappa shape index (κ1) is 34.6. The van der Waals surface area contributed by atoms with Gasteiger partial charge >= 0.3 is 0 Å². The van der Waals surface area contributed by atoms with Crippen LogP contribution in [0.25, 0.3) is 22.2 Å². The molecule has 0 atom stereocenters. The maximum atomic E-state index is 13.1. The van der Waals surface area contributed by atoms with E-state index in [0.717, 1.165) is 84.7 Å². The Morgan fingerprint density at radius 3 is 2.15 bits per heavy atom. The zero-order valence-corrected chi connectivity index (χ0v) is 27.9. The molecule has 0 unspecified atom stereocenters. The normalized spacial score (nSPS) is 13.7. The minimum atomic E-state index is 0. The zero-order valence-electron chi connectivity index (χ0n) is 25.6. The molecule has 1 aliphatic carbocycles. The van der Waals surface area contributed by atoms with Crippen LogP contribution in [0.1, 0.15) is 101 Å². The van der Waals surface area contributed by atoms with Crippen molar-refractivity contribution in [2.45, 2.75) is 92.9 Å². The first-order valence-corrected chi connectivity index (χ1v) is 15.1. The minimum Gasteiger partial charge on any atom is -0.512 e. The molecule has 4 nitrogen and oxygen atoms in total. The van der Waals surface area contributed by atoms with Crippen molar-refractivity contribution in [2.75, 3.05) is 0 Å². The number of aliphatic hydroxyl groups excluding tert-OH is 1. The van der Waals surface area contributed by atoms with Crippen LogP contribution in [0.3, 0.4) is 0 Å². The zero-order chi connectivity index (χ0) is 29.2.